The Bertz CT molecular complexity index is 510. The minimum Gasteiger partial charge on any atom is -0.493 e. The lowest BCUT2D eigenvalue weighted by molar-refractivity contribution is -0.125. The Balaban J connectivity index is 2.09. The first-order valence-electron chi connectivity index (χ1n) is 8.36. The summed E-state index contributed by atoms with van der Waals surface area (Å²) in [7, 11) is 3.32. The van der Waals surface area contributed by atoms with Crippen LogP contribution in [0.15, 0.2) is 12.1 Å². The quantitative estimate of drug-likeness (QED) is 0.871. The van der Waals surface area contributed by atoms with Crippen LogP contribution in [0.25, 0.3) is 0 Å². The largest absolute Gasteiger partial charge is 0.493 e. The molecule has 0 aliphatic carbocycles. The van der Waals surface area contributed by atoms with Gasteiger partial charge < -0.3 is 14.8 Å². The maximum Gasteiger partial charge on any atom is 0.237 e. The molecule has 1 aromatic carbocycles. The third-order valence-electron chi connectivity index (χ3n) is 4.52. The van der Waals surface area contributed by atoms with Crippen LogP contribution in [0.2, 0.25) is 0 Å². The van der Waals surface area contributed by atoms with E-state index in [2.05, 4.69) is 29.3 Å². The molecule has 1 heterocycles. The predicted octanol–water partition coefficient (Wildman–Crippen LogP) is 2.02. The van der Waals surface area contributed by atoms with E-state index in [1.54, 1.807) is 14.2 Å². The van der Waals surface area contributed by atoms with Crippen LogP contribution in [-0.4, -0.2) is 50.7 Å². The number of methoxy groups -OCH3 is 2. The molecule has 2 rings (SSSR count). The number of nitrogens with one attached hydrogen (secondary N) is 1. The first-order chi connectivity index (χ1) is 11.1. The molecule has 0 unspecified atom stereocenters. The van der Waals surface area contributed by atoms with Crippen molar-refractivity contribution in [1.82, 2.24) is 10.2 Å². The number of hydrogen-bond acceptors (Lipinski definition) is 4. The topological polar surface area (TPSA) is 50.8 Å². The first kappa shape index (κ1) is 17.6. The molecule has 0 saturated heterocycles. The highest BCUT2D eigenvalue weighted by Gasteiger charge is 2.24. The molecule has 0 fully saturated rings. The van der Waals surface area contributed by atoms with Gasteiger partial charge in [-0.3, -0.25) is 9.69 Å². The molecule has 128 valence electrons. The van der Waals surface area contributed by atoms with Crippen LogP contribution in [0.1, 0.15) is 31.4 Å². The molecule has 1 aromatic rings. The Hall–Kier alpha value is -1.75. The Morgan fingerprint density at radius 1 is 1.17 bits per heavy atom. The summed E-state index contributed by atoms with van der Waals surface area (Å²) in [6.07, 6.45) is 2.80. The number of carbonyl (C=O) groups is 1. The van der Waals surface area contributed by atoms with Crippen molar-refractivity contribution in [2.24, 2.45) is 0 Å². The summed E-state index contributed by atoms with van der Waals surface area (Å²) in [5.41, 5.74) is 2.57. The normalized spacial score (nSPS) is 16.2. The van der Waals surface area contributed by atoms with E-state index in [1.807, 2.05) is 6.92 Å². The monoisotopic (exact) mass is 320 g/mol. The first-order valence-corrected chi connectivity index (χ1v) is 8.36. The Labute approximate surface area is 139 Å². The molecule has 1 aliphatic rings. The SMILES string of the molecule is CCCNC(=O)[C@@H](C)N1CCc2cc(OC)c(OC)cc2CC1. The summed E-state index contributed by atoms with van der Waals surface area (Å²) in [5, 5.41) is 2.99. The van der Waals surface area contributed by atoms with Crippen LogP contribution in [0.4, 0.5) is 0 Å². The van der Waals surface area contributed by atoms with E-state index in [0.717, 1.165) is 50.4 Å². The average molecular weight is 320 g/mol. The molecule has 0 saturated carbocycles. The summed E-state index contributed by atoms with van der Waals surface area (Å²) >= 11 is 0. The van der Waals surface area contributed by atoms with Gasteiger partial charge in [-0.25, -0.2) is 0 Å². The van der Waals surface area contributed by atoms with E-state index >= 15 is 0 Å². The number of rotatable bonds is 6. The minimum absolute atomic E-state index is 0.0975. The molecule has 0 aromatic heterocycles. The standard InChI is InChI=1S/C18H28N2O3/c1-5-8-19-18(21)13(2)20-9-6-14-11-16(22-3)17(23-4)12-15(14)7-10-20/h11-13H,5-10H2,1-4H3,(H,19,21)/t13-/m1/s1. The van der Waals surface area contributed by atoms with Gasteiger partial charge in [0.25, 0.3) is 0 Å². The summed E-state index contributed by atoms with van der Waals surface area (Å²) in [5.74, 6) is 1.66. The number of hydrogen-bond donors (Lipinski definition) is 1. The van der Waals surface area contributed by atoms with E-state index in [1.165, 1.54) is 11.1 Å². The van der Waals surface area contributed by atoms with E-state index in [4.69, 9.17) is 9.47 Å². The van der Waals surface area contributed by atoms with E-state index in [0.29, 0.717) is 0 Å². The molecule has 0 spiro atoms. The molecule has 23 heavy (non-hydrogen) atoms. The lowest BCUT2D eigenvalue weighted by atomic mass is 10.0. The fourth-order valence-electron chi connectivity index (χ4n) is 3.02. The second-order valence-electron chi connectivity index (χ2n) is 5.98. The van der Waals surface area contributed by atoms with Crippen molar-refractivity contribution in [3.8, 4) is 11.5 Å². The van der Waals surface area contributed by atoms with Crippen molar-refractivity contribution in [1.29, 1.82) is 0 Å². The maximum atomic E-state index is 12.2. The number of amides is 1. The zero-order chi connectivity index (χ0) is 16.8. The Morgan fingerprint density at radius 2 is 1.70 bits per heavy atom. The van der Waals surface area contributed by atoms with Crippen molar-refractivity contribution in [2.45, 2.75) is 39.2 Å². The maximum absolute atomic E-state index is 12.2. The fraction of sp³-hybridized carbons (Fsp3) is 0.611. The fourth-order valence-corrected chi connectivity index (χ4v) is 3.02. The lowest BCUT2D eigenvalue weighted by Gasteiger charge is -2.26. The van der Waals surface area contributed by atoms with Gasteiger partial charge in [0.1, 0.15) is 0 Å². The van der Waals surface area contributed by atoms with Crippen molar-refractivity contribution in [3.63, 3.8) is 0 Å². The van der Waals surface area contributed by atoms with Gasteiger partial charge in [0, 0.05) is 19.6 Å². The minimum atomic E-state index is -0.0975. The molecule has 1 aliphatic heterocycles. The number of carbonyl (C=O) groups excluding carboxylic acids is 1. The van der Waals surface area contributed by atoms with Crippen LogP contribution in [0, 0.1) is 0 Å². The molecule has 1 N–H and O–H groups in total. The lowest BCUT2D eigenvalue weighted by Crippen LogP contribution is -2.46. The van der Waals surface area contributed by atoms with Gasteiger partial charge in [-0.05, 0) is 49.4 Å². The van der Waals surface area contributed by atoms with Crippen LogP contribution in [0.5, 0.6) is 11.5 Å². The molecular formula is C18H28N2O3. The molecular weight excluding hydrogens is 292 g/mol. The highest BCUT2D eigenvalue weighted by molar-refractivity contribution is 5.81. The third kappa shape index (κ3) is 4.16. The van der Waals surface area contributed by atoms with Gasteiger partial charge in [-0.1, -0.05) is 6.92 Å². The Morgan fingerprint density at radius 3 is 2.13 bits per heavy atom. The zero-order valence-corrected chi connectivity index (χ0v) is 14.6. The second-order valence-corrected chi connectivity index (χ2v) is 5.98. The molecule has 0 radical (unpaired) electrons. The van der Waals surface area contributed by atoms with E-state index in [-0.39, 0.29) is 11.9 Å². The second kappa shape index (κ2) is 8.20. The predicted molar refractivity (Wildman–Crippen MR) is 91.3 cm³/mol. The van der Waals surface area contributed by atoms with E-state index < -0.39 is 0 Å². The summed E-state index contributed by atoms with van der Waals surface area (Å²) in [6, 6.07) is 4.04. The van der Waals surface area contributed by atoms with Crippen molar-refractivity contribution in [2.75, 3.05) is 33.9 Å². The van der Waals surface area contributed by atoms with E-state index in [9.17, 15) is 4.79 Å². The van der Waals surface area contributed by atoms with Crippen molar-refractivity contribution in [3.05, 3.63) is 23.3 Å². The highest BCUT2D eigenvalue weighted by atomic mass is 16.5. The van der Waals surface area contributed by atoms with Gasteiger partial charge in [0.2, 0.25) is 5.91 Å². The van der Waals surface area contributed by atoms with Crippen LogP contribution >= 0.6 is 0 Å². The van der Waals surface area contributed by atoms with Crippen LogP contribution in [0.3, 0.4) is 0 Å². The van der Waals surface area contributed by atoms with Gasteiger partial charge in [-0.15, -0.1) is 0 Å². The van der Waals surface area contributed by atoms with Crippen molar-refractivity contribution >= 4 is 5.91 Å². The molecule has 5 nitrogen and oxygen atoms in total. The van der Waals surface area contributed by atoms with Crippen LogP contribution < -0.4 is 14.8 Å². The van der Waals surface area contributed by atoms with Gasteiger partial charge >= 0.3 is 0 Å². The van der Waals surface area contributed by atoms with Crippen molar-refractivity contribution < 1.29 is 14.3 Å². The smallest absolute Gasteiger partial charge is 0.237 e. The zero-order valence-electron chi connectivity index (χ0n) is 14.6. The van der Waals surface area contributed by atoms with Gasteiger partial charge in [0.05, 0.1) is 20.3 Å². The number of ether oxygens (including phenoxy) is 2. The summed E-state index contributed by atoms with van der Waals surface area (Å²) in [4.78, 5) is 14.4. The summed E-state index contributed by atoms with van der Waals surface area (Å²) < 4.78 is 10.8. The average Bonchev–Trinajstić information content (AvgIpc) is 2.79. The van der Waals surface area contributed by atoms with Gasteiger partial charge in [0.15, 0.2) is 11.5 Å². The summed E-state index contributed by atoms with van der Waals surface area (Å²) in [6.45, 7) is 6.55. The van der Waals surface area contributed by atoms with Gasteiger partial charge in [-0.2, -0.15) is 0 Å². The number of benzene rings is 1. The Kier molecular flexibility index (Phi) is 6.28. The number of nitrogens with zero attached hydrogens (tertiary/aromatic N) is 1. The molecule has 1 atom stereocenters. The third-order valence-corrected chi connectivity index (χ3v) is 4.52. The molecule has 0 bridgehead atoms. The molecule has 1 amide bonds. The molecule has 5 heteroatoms. The highest BCUT2D eigenvalue weighted by Crippen LogP contribution is 2.32. The number of fused-ring (bicyclic) bond motifs is 1. The van der Waals surface area contributed by atoms with Crippen LogP contribution in [-0.2, 0) is 17.6 Å².